The fourth-order valence-electron chi connectivity index (χ4n) is 2.99. The van der Waals surface area contributed by atoms with E-state index < -0.39 is 0 Å². The van der Waals surface area contributed by atoms with E-state index in [1.54, 1.807) is 40.9 Å². The van der Waals surface area contributed by atoms with Gasteiger partial charge in [0.25, 0.3) is 5.91 Å². The van der Waals surface area contributed by atoms with E-state index in [-0.39, 0.29) is 11.7 Å². The van der Waals surface area contributed by atoms with Gasteiger partial charge in [-0.3, -0.25) is 4.79 Å². The molecule has 0 fully saturated rings. The minimum atomic E-state index is -0.354. The Morgan fingerprint density at radius 1 is 1.21 bits per heavy atom. The molecule has 2 heterocycles. The number of ether oxygens (including phenoxy) is 1. The summed E-state index contributed by atoms with van der Waals surface area (Å²) in [5, 5.41) is 9.30. The summed E-state index contributed by atoms with van der Waals surface area (Å²) in [7, 11) is 0. The lowest BCUT2D eigenvalue weighted by Gasteiger charge is -2.10. The van der Waals surface area contributed by atoms with E-state index in [9.17, 15) is 9.18 Å². The molecule has 0 saturated carbocycles. The Kier molecular flexibility index (Phi) is 5.53. The Hall–Kier alpha value is -3.26. The molecule has 0 radical (unpaired) electrons. The Labute approximate surface area is 171 Å². The van der Waals surface area contributed by atoms with Crippen molar-refractivity contribution in [1.29, 1.82) is 0 Å². The van der Waals surface area contributed by atoms with E-state index in [2.05, 4.69) is 15.4 Å². The van der Waals surface area contributed by atoms with E-state index in [1.807, 2.05) is 18.4 Å². The molecular formula is C21H19FN4O2S. The number of halogens is 1. The van der Waals surface area contributed by atoms with Gasteiger partial charge in [0.1, 0.15) is 11.6 Å². The monoisotopic (exact) mass is 410 g/mol. The first-order chi connectivity index (χ1) is 14.2. The maximum absolute atomic E-state index is 14.0. The summed E-state index contributed by atoms with van der Waals surface area (Å²) in [6, 6.07) is 13.6. The van der Waals surface area contributed by atoms with E-state index in [1.165, 1.54) is 17.4 Å². The van der Waals surface area contributed by atoms with Crippen LogP contribution in [0.4, 0.5) is 4.39 Å². The number of nitrogens with one attached hydrogen (secondary N) is 1. The zero-order valence-electron chi connectivity index (χ0n) is 15.8. The fourth-order valence-corrected chi connectivity index (χ4v) is 3.84. The summed E-state index contributed by atoms with van der Waals surface area (Å²) in [5.41, 5.74) is 1.78. The molecule has 0 bridgehead atoms. The van der Waals surface area contributed by atoms with Crippen LogP contribution in [0.25, 0.3) is 16.3 Å². The van der Waals surface area contributed by atoms with Crippen molar-refractivity contribution in [1.82, 2.24) is 19.9 Å². The minimum absolute atomic E-state index is 0.189. The molecule has 2 aromatic carbocycles. The smallest absolute Gasteiger partial charge is 0.255 e. The van der Waals surface area contributed by atoms with Crippen molar-refractivity contribution >= 4 is 22.2 Å². The zero-order valence-corrected chi connectivity index (χ0v) is 16.6. The average molecular weight is 410 g/mol. The standard InChI is InChI=1S/C21H19FN4O2S/c1-2-28-18-10-6-4-8-16(18)20(27)23-12-11-14-13-29-21-24-19(25-26(14)21)15-7-3-5-9-17(15)22/h3-10,13H,2,11-12H2,1H3,(H,23,27). The molecule has 0 aliphatic heterocycles. The summed E-state index contributed by atoms with van der Waals surface area (Å²) in [6.07, 6.45) is 0.572. The van der Waals surface area contributed by atoms with E-state index in [0.717, 1.165) is 5.69 Å². The molecular weight excluding hydrogens is 391 g/mol. The van der Waals surface area contributed by atoms with Gasteiger partial charge in [-0.1, -0.05) is 24.3 Å². The van der Waals surface area contributed by atoms with Crippen molar-refractivity contribution in [3.8, 4) is 17.1 Å². The highest BCUT2D eigenvalue weighted by Crippen LogP contribution is 2.23. The largest absolute Gasteiger partial charge is 0.493 e. The van der Waals surface area contributed by atoms with Gasteiger partial charge < -0.3 is 10.1 Å². The number of carbonyl (C=O) groups excluding carboxylic acids is 1. The number of thiazole rings is 1. The second-order valence-corrected chi connectivity index (χ2v) is 7.11. The molecule has 1 N–H and O–H groups in total. The number of carbonyl (C=O) groups is 1. The molecule has 0 atom stereocenters. The molecule has 0 aliphatic carbocycles. The predicted molar refractivity (Wildman–Crippen MR) is 110 cm³/mol. The number of hydrogen-bond donors (Lipinski definition) is 1. The van der Waals surface area contributed by atoms with Crippen LogP contribution < -0.4 is 10.1 Å². The third-order valence-corrected chi connectivity index (χ3v) is 5.23. The molecule has 0 saturated heterocycles. The molecule has 0 aliphatic rings. The highest BCUT2D eigenvalue weighted by Gasteiger charge is 2.15. The van der Waals surface area contributed by atoms with Gasteiger partial charge in [0.05, 0.1) is 23.4 Å². The zero-order chi connectivity index (χ0) is 20.2. The van der Waals surface area contributed by atoms with E-state index >= 15 is 0 Å². The van der Waals surface area contributed by atoms with Crippen LogP contribution in [0.1, 0.15) is 23.0 Å². The van der Waals surface area contributed by atoms with Gasteiger partial charge in [0, 0.05) is 18.3 Å². The first kappa shape index (κ1) is 19.1. The summed E-state index contributed by atoms with van der Waals surface area (Å²) < 4.78 is 21.2. The Morgan fingerprint density at radius 2 is 2.00 bits per heavy atom. The fraction of sp³-hybridized carbons (Fsp3) is 0.190. The quantitative estimate of drug-likeness (QED) is 0.501. The second-order valence-electron chi connectivity index (χ2n) is 6.27. The lowest BCUT2D eigenvalue weighted by atomic mass is 10.2. The molecule has 1 amide bonds. The van der Waals surface area contributed by atoms with Gasteiger partial charge in [-0.05, 0) is 31.2 Å². The molecule has 148 valence electrons. The van der Waals surface area contributed by atoms with Crippen molar-refractivity contribution in [3.05, 3.63) is 71.0 Å². The number of amides is 1. The van der Waals surface area contributed by atoms with Gasteiger partial charge in [-0.25, -0.2) is 8.91 Å². The first-order valence-corrected chi connectivity index (χ1v) is 10.1. The number of fused-ring (bicyclic) bond motifs is 1. The lowest BCUT2D eigenvalue weighted by molar-refractivity contribution is 0.0950. The normalized spacial score (nSPS) is 11.0. The lowest BCUT2D eigenvalue weighted by Crippen LogP contribution is -2.26. The third kappa shape index (κ3) is 3.97. The molecule has 0 unspecified atom stereocenters. The molecule has 4 aromatic rings. The SMILES string of the molecule is CCOc1ccccc1C(=O)NCCc1csc2nc(-c3ccccc3F)nn12. The second kappa shape index (κ2) is 8.40. The number of nitrogens with zero attached hydrogens (tertiary/aromatic N) is 3. The van der Waals surface area contributed by atoms with Crippen LogP contribution in [-0.4, -0.2) is 33.7 Å². The van der Waals surface area contributed by atoms with Crippen LogP contribution in [0.15, 0.2) is 53.9 Å². The number of para-hydroxylation sites is 1. The highest BCUT2D eigenvalue weighted by molar-refractivity contribution is 7.15. The van der Waals surface area contributed by atoms with E-state index in [4.69, 9.17) is 4.74 Å². The number of benzene rings is 2. The van der Waals surface area contributed by atoms with Crippen LogP contribution in [0, 0.1) is 5.82 Å². The Bertz CT molecular complexity index is 1150. The number of hydrogen-bond acceptors (Lipinski definition) is 5. The van der Waals surface area contributed by atoms with Crippen LogP contribution in [0.5, 0.6) is 5.75 Å². The molecule has 4 rings (SSSR count). The van der Waals surface area contributed by atoms with Crippen LogP contribution in [0.2, 0.25) is 0 Å². The van der Waals surface area contributed by atoms with Gasteiger partial charge in [0.2, 0.25) is 4.96 Å². The van der Waals surface area contributed by atoms with Crippen LogP contribution >= 0.6 is 11.3 Å². The first-order valence-electron chi connectivity index (χ1n) is 9.25. The van der Waals surface area contributed by atoms with Gasteiger partial charge in [-0.2, -0.15) is 4.98 Å². The summed E-state index contributed by atoms with van der Waals surface area (Å²) >= 11 is 1.43. The van der Waals surface area contributed by atoms with Gasteiger partial charge in [0.15, 0.2) is 5.82 Å². The summed E-state index contributed by atoms with van der Waals surface area (Å²) in [4.78, 5) is 17.6. The van der Waals surface area contributed by atoms with Crippen molar-refractivity contribution in [2.24, 2.45) is 0 Å². The van der Waals surface area contributed by atoms with Crippen molar-refractivity contribution < 1.29 is 13.9 Å². The topological polar surface area (TPSA) is 68.5 Å². The van der Waals surface area contributed by atoms with Gasteiger partial charge >= 0.3 is 0 Å². The van der Waals surface area contributed by atoms with Crippen molar-refractivity contribution in [2.75, 3.05) is 13.2 Å². The average Bonchev–Trinajstić information content (AvgIpc) is 3.30. The molecule has 6 nitrogen and oxygen atoms in total. The summed E-state index contributed by atoms with van der Waals surface area (Å²) in [5.74, 6) is 0.376. The molecule has 2 aromatic heterocycles. The Balaban J connectivity index is 1.45. The third-order valence-electron chi connectivity index (χ3n) is 4.36. The van der Waals surface area contributed by atoms with Gasteiger partial charge in [-0.15, -0.1) is 16.4 Å². The van der Waals surface area contributed by atoms with Crippen LogP contribution in [0.3, 0.4) is 0 Å². The highest BCUT2D eigenvalue weighted by atomic mass is 32.1. The number of rotatable bonds is 7. The maximum Gasteiger partial charge on any atom is 0.255 e. The maximum atomic E-state index is 14.0. The molecule has 0 spiro atoms. The predicted octanol–water partition coefficient (Wildman–Crippen LogP) is 3.97. The van der Waals surface area contributed by atoms with Crippen molar-refractivity contribution in [3.63, 3.8) is 0 Å². The molecule has 8 heteroatoms. The van der Waals surface area contributed by atoms with Crippen molar-refractivity contribution in [2.45, 2.75) is 13.3 Å². The number of aromatic nitrogens is 3. The van der Waals surface area contributed by atoms with Crippen LogP contribution in [-0.2, 0) is 6.42 Å². The molecule has 29 heavy (non-hydrogen) atoms. The Morgan fingerprint density at radius 3 is 2.83 bits per heavy atom. The minimum Gasteiger partial charge on any atom is -0.493 e. The summed E-state index contributed by atoms with van der Waals surface area (Å²) in [6.45, 7) is 2.80. The van der Waals surface area contributed by atoms with E-state index in [0.29, 0.717) is 47.2 Å².